The summed E-state index contributed by atoms with van der Waals surface area (Å²) in [6.07, 6.45) is 0. The normalized spacial score (nSPS) is 12.8. The number of ether oxygens (including phenoxy) is 2. The van der Waals surface area contributed by atoms with Crippen LogP contribution < -0.4 is 10.6 Å². The lowest BCUT2D eigenvalue weighted by Gasteiger charge is -2.36. The molecular formula is C62H50N2O8S2. The predicted octanol–water partition coefficient (Wildman–Crippen LogP) is 10.5. The Morgan fingerprint density at radius 1 is 0.392 bits per heavy atom. The first-order chi connectivity index (χ1) is 36.1. The van der Waals surface area contributed by atoms with Gasteiger partial charge in [0.2, 0.25) is 0 Å². The number of methoxy groups -OCH3 is 2. The van der Waals surface area contributed by atoms with Crippen molar-refractivity contribution in [1.29, 1.82) is 0 Å². The zero-order chi connectivity index (χ0) is 51.7. The number of ketones is 2. The van der Waals surface area contributed by atoms with Crippen molar-refractivity contribution < 1.29 is 38.2 Å². The van der Waals surface area contributed by atoms with Crippen LogP contribution in [0.2, 0.25) is 0 Å². The Balaban J connectivity index is 1.02. The van der Waals surface area contributed by atoms with Crippen LogP contribution in [0.5, 0.6) is 0 Å². The first kappa shape index (κ1) is 50.6. The van der Waals surface area contributed by atoms with Crippen LogP contribution >= 0.6 is 23.5 Å². The van der Waals surface area contributed by atoms with E-state index in [-0.39, 0.29) is 44.9 Å². The van der Waals surface area contributed by atoms with Crippen molar-refractivity contribution in [3.63, 3.8) is 0 Å². The average molecular weight is 1020 g/mol. The molecule has 0 aliphatic heterocycles. The molecule has 8 aromatic carbocycles. The maximum Gasteiger partial charge on any atom is 0.329 e. The highest BCUT2D eigenvalue weighted by Gasteiger charge is 2.42. The summed E-state index contributed by atoms with van der Waals surface area (Å²) in [7, 11) is 2.47. The van der Waals surface area contributed by atoms with Gasteiger partial charge in [0.05, 0.1) is 34.8 Å². The summed E-state index contributed by atoms with van der Waals surface area (Å²) in [6, 6.07) is 65.5. The number of benzene rings is 8. The first-order valence-corrected chi connectivity index (χ1v) is 25.8. The van der Waals surface area contributed by atoms with Gasteiger partial charge in [-0.3, -0.25) is 19.2 Å². The van der Waals surface area contributed by atoms with Gasteiger partial charge < -0.3 is 20.1 Å². The maximum absolute atomic E-state index is 15.0. The molecular weight excluding hydrogens is 965 g/mol. The Morgan fingerprint density at radius 2 is 0.662 bits per heavy atom. The molecule has 0 radical (unpaired) electrons. The first-order valence-electron chi connectivity index (χ1n) is 23.9. The SMILES string of the molecule is COC(=O)[C@H](CSC(c1ccccc1)(c1ccccc1)c1ccccc1)NC(=O)c1cccc2c1C(=O)c1c(C(=O)N[C@@H](CSC(c3ccccc3)(c3ccccc3)c3ccccc3)C(=O)OC)cccc1C2=O. The highest BCUT2D eigenvalue weighted by molar-refractivity contribution is 8.01. The molecule has 0 saturated carbocycles. The molecule has 9 rings (SSSR count). The maximum atomic E-state index is 15.0. The molecule has 8 aromatic rings. The molecule has 1 aliphatic rings. The van der Waals surface area contributed by atoms with E-state index in [2.05, 4.69) is 10.6 Å². The second kappa shape index (κ2) is 22.6. The van der Waals surface area contributed by atoms with Crippen LogP contribution in [0.15, 0.2) is 218 Å². The van der Waals surface area contributed by atoms with E-state index >= 15 is 4.79 Å². The van der Waals surface area contributed by atoms with Crippen LogP contribution in [0.25, 0.3) is 0 Å². The van der Waals surface area contributed by atoms with Gasteiger partial charge in [0.15, 0.2) is 11.6 Å². The Kier molecular flexibility index (Phi) is 15.5. The molecule has 368 valence electrons. The Morgan fingerprint density at radius 3 is 0.919 bits per heavy atom. The van der Waals surface area contributed by atoms with E-state index < -0.39 is 56.9 Å². The fraction of sp³-hybridized carbons (Fsp3) is 0.129. The number of rotatable bonds is 18. The van der Waals surface area contributed by atoms with Crippen molar-refractivity contribution >= 4 is 58.8 Å². The van der Waals surface area contributed by atoms with Gasteiger partial charge >= 0.3 is 11.9 Å². The Hall–Kier alpha value is -8.32. The summed E-state index contributed by atoms with van der Waals surface area (Å²) < 4.78 is 8.83. The fourth-order valence-electron chi connectivity index (χ4n) is 9.67. The van der Waals surface area contributed by atoms with Crippen molar-refractivity contribution in [3.05, 3.63) is 285 Å². The van der Waals surface area contributed by atoms with Gasteiger partial charge in [-0.05, 0) is 45.5 Å². The fourth-order valence-corrected chi connectivity index (χ4v) is 12.8. The van der Waals surface area contributed by atoms with Crippen LogP contribution in [0.3, 0.4) is 0 Å². The molecule has 0 heterocycles. The largest absolute Gasteiger partial charge is 0.467 e. The quantitative estimate of drug-likeness (QED) is 0.0629. The highest BCUT2D eigenvalue weighted by Crippen LogP contribution is 2.50. The molecule has 2 amide bonds. The third-order valence-electron chi connectivity index (χ3n) is 13.2. The molecule has 2 atom stereocenters. The van der Waals surface area contributed by atoms with Gasteiger partial charge in [0.25, 0.3) is 11.8 Å². The minimum atomic E-state index is -1.23. The molecule has 0 unspecified atom stereocenters. The molecule has 12 heteroatoms. The van der Waals surface area contributed by atoms with Gasteiger partial charge in [-0.15, -0.1) is 23.5 Å². The van der Waals surface area contributed by atoms with Crippen molar-refractivity contribution in [2.75, 3.05) is 25.7 Å². The second-order valence-electron chi connectivity index (χ2n) is 17.4. The number of hydrogen-bond donors (Lipinski definition) is 2. The lowest BCUT2D eigenvalue weighted by Crippen LogP contribution is -2.45. The highest BCUT2D eigenvalue weighted by atomic mass is 32.2. The molecule has 0 bridgehead atoms. The summed E-state index contributed by atoms with van der Waals surface area (Å²) in [5.41, 5.74) is 4.72. The molecule has 1 aliphatic carbocycles. The Bertz CT molecular complexity index is 2910. The van der Waals surface area contributed by atoms with Crippen molar-refractivity contribution in [2.24, 2.45) is 0 Å². The minimum Gasteiger partial charge on any atom is -0.467 e. The van der Waals surface area contributed by atoms with Crippen molar-refractivity contribution in [3.8, 4) is 0 Å². The van der Waals surface area contributed by atoms with E-state index in [4.69, 9.17) is 9.47 Å². The average Bonchev–Trinajstić information content (AvgIpc) is 3.47. The van der Waals surface area contributed by atoms with Crippen LogP contribution in [-0.2, 0) is 28.6 Å². The molecule has 2 N–H and O–H groups in total. The Labute approximate surface area is 437 Å². The number of carbonyl (C=O) groups is 6. The molecule has 74 heavy (non-hydrogen) atoms. The second-order valence-corrected chi connectivity index (χ2v) is 19.9. The molecule has 0 saturated heterocycles. The standard InChI is InChI=1S/C62H50N2O8S2/c1-71-59(69)51(39-73-61(41-23-9-3-10-24-41,42-25-11-4-12-26-42)43-27-13-5-14-28-43)63-57(67)49-37-21-35-47-53(49)56(66)54-48(55(47)65)36-22-38-50(54)58(68)64-52(60(70)72-2)40-74-62(44-29-15-6-16-30-44,45-31-17-7-18-32-45)46-33-19-8-20-34-46/h3-38,51-52H,39-40H2,1-2H3,(H,63,67)(H,64,68)/t51-,52-/m0/s1. The van der Waals surface area contributed by atoms with Crippen molar-refractivity contribution in [1.82, 2.24) is 10.6 Å². The monoisotopic (exact) mass is 1010 g/mol. The summed E-state index contributed by atoms with van der Waals surface area (Å²) in [4.78, 5) is 86.2. The molecule has 0 spiro atoms. The number of hydrogen-bond acceptors (Lipinski definition) is 10. The summed E-state index contributed by atoms with van der Waals surface area (Å²) >= 11 is 2.87. The third-order valence-corrected chi connectivity index (χ3v) is 16.4. The van der Waals surface area contributed by atoms with Gasteiger partial charge in [-0.1, -0.05) is 206 Å². The number of amides is 2. The molecule has 10 nitrogen and oxygen atoms in total. The molecule has 0 aromatic heterocycles. The van der Waals surface area contributed by atoms with Gasteiger partial charge in [0.1, 0.15) is 12.1 Å². The van der Waals surface area contributed by atoms with E-state index in [1.165, 1.54) is 74.1 Å². The van der Waals surface area contributed by atoms with E-state index in [1.54, 1.807) is 0 Å². The van der Waals surface area contributed by atoms with E-state index in [0.717, 1.165) is 33.4 Å². The van der Waals surface area contributed by atoms with Gasteiger partial charge in [-0.2, -0.15) is 0 Å². The zero-order valence-corrected chi connectivity index (χ0v) is 42.1. The predicted molar refractivity (Wildman–Crippen MR) is 290 cm³/mol. The van der Waals surface area contributed by atoms with E-state index in [0.29, 0.717) is 0 Å². The van der Waals surface area contributed by atoms with Gasteiger partial charge in [-0.25, -0.2) is 9.59 Å². The summed E-state index contributed by atoms with van der Waals surface area (Å²) in [5, 5.41) is 5.67. The van der Waals surface area contributed by atoms with Crippen LogP contribution in [-0.4, -0.2) is 73.1 Å². The number of nitrogens with one attached hydrogen (secondary N) is 2. The van der Waals surface area contributed by atoms with Crippen molar-refractivity contribution in [2.45, 2.75) is 21.6 Å². The smallest absolute Gasteiger partial charge is 0.329 e. The number of thioether (sulfide) groups is 2. The van der Waals surface area contributed by atoms with E-state index in [1.807, 2.05) is 182 Å². The topological polar surface area (TPSA) is 145 Å². The minimum absolute atomic E-state index is 0.0228. The lowest BCUT2D eigenvalue weighted by molar-refractivity contribution is -0.143. The van der Waals surface area contributed by atoms with E-state index in [9.17, 15) is 24.0 Å². The number of esters is 2. The third kappa shape index (κ3) is 9.81. The molecule has 0 fully saturated rings. The van der Waals surface area contributed by atoms with Gasteiger partial charge in [0, 0.05) is 33.8 Å². The number of fused-ring (bicyclic) bond motifs is 2. The summed E-state index contributed by atoms with van der Waals surface area (Å²) in [6.45, 7) is 0. The lowest BCUT2D eigenvalue weighted by atomic mass is 9.79. The van der Waals surface area contributed by atoms with Crippen LogP contribution in [0.4, 0.5) is 0 Å². The zero-order valence-electron chi connectivity index (χ0n) is 40.4. The van der Waals surface area contributed by atoms with Crippen LogP contribution in [0, 0.1) is 0 Å². The van der Waals surface area contributed by atoms with Crippen LogP contribution in [0.1, 0.15) is 85.9 Å². The number of carbonyl (C=O) groups excluding carboxylic acids is 6. The summed E-state index contributed by atoms with van der Waals surface area (Å²) in [5.74, 6) is -4.37.